The van der Waals surface area contributed by atoms with E-state index in [1.54, 1.807) is 0 Å². The van der Waals surface area contributed by atoms with Crippen LogP contribution >= 0.6 is 0 Å². The Morgan fingerprint density at radius 3 is 2.61 bits per heavy atom. The van der Waals surface area contributed by atoms with Crippen molar-refractivity contribution in [2.75, 3.05) is 33.7 Å². The molecule has 1 saturated carbocycles. The molecular weight excluding hydrogens is 348 g/mol. The van der Waals surface area contributed by atoms with Gasteiger partial charge in [-0.25, -0.2) is 0 Å². The number of benzene rings is 1. The first-order chi connectivity index (χ1) is 13.6. The molecule has 5 heteroatoms. The Morgan fingerprint density at radius 1 is 1.14 bits per heavy atom. The summed E-state index contributed by atoms with van der Waals surface area (Å²) in [6, 6.07) is 6.51. The topological polar surface area (TPSA) is 48.9 Å². The highest BCUT2D eigenvalue weighted by molar-refractivity contribution is 5.79. The van der Waals surface area contributed by atoms with Gasteiger partial charge in [-0.3, -0.25) is 4.99 Å². The van der Waals surface area contributed by atoms with E-state index >= 15 is 0 Å². The SMILES string of the molecule is CN=C(NCCC1CCN(C)CC1)NCc1ccc(C)cc1OC1CCCC1. The Balaban J connectivity index is 1.46. The molecule has 1 aliphatic heterocycles. The summed E-state index contributed by atoms with van der Waals surface area (Å²) in [5.41, 5.74) is 2.45. The van der Waals surface area contributed by atoms with E-state index in [0.29, 0.717) is 6.10 Å². The maximum atomic E-state index is 6.32. The molecule has 0 amide bonds. The Hall–Kier alpha value is -1.75. The van der Waals surface area contributed by atoms with E-state index in [4.69, 9.17) is 4.74 Å². The van der Waals surface area contributed by atoms with Crippen LogP contribution < -0.4 is 15.4 Å². The van der Waals surface area contributed by atoms with Crippen molar-refractivity contribution in [3.05, 3.63) is 29.3 Å². The maximum absolute atomic E-state index is 6.32. The molecule has 156 valence electrons. The molecule has 0 atom stereocenters. The number of rotatable bonds is 7. The van der Waals surface area contributed by atoms with Gasteiger partial charge in [0.2, 0.25) is 0 Å². The van der Waals surface area contributed by atoms with E-state index in [1.807, 2.05) is 7.05 Å². The minimum atomic E-state index is 0.382. The summed E-state index contributed by atoms with van der Waals surface area (Å²) in [6.07, 6.45) is 9.17. The predicted molar refractivity (Wildman–Crippen MR) is 117 cm³/mol. The van der Waals surface area contributed by atoms with Gasteiger partial charge in [0, 0.05) is 25.7 Å². The number of hydrogen-bond donors (Lipinski definition) is 2. The Labute approximate surface area is 170 Å². The summed E-state index contributed by atoms with van der Waals surface area (Å²) in [7, 11) is 4.06. The first kappa shape index (κ1) is 21.0. The van der Waals surface area contributed by atoms with Gasteiger partial charge in [0.15, 0.2) is 5.96 Å². The zero-order chi connectivity index (χ0) is 19.8. The van der Waals surface area contributed by atoms with Crippen LogP contribution in [0, 0.1) is 12.8 Å². The van der Waals surface area contributed by atoms with Gasteiger partial charge >= 0.3 is 0 Å². The molecule has 0 aromatic heterocycles. The second kappa shape index (κ2) is 10.7. The van der Waals surface area contributed by atoms with Gasteiger partial charge in [0.05, 0.1) is 6.10 Å². The lowest BCUT2D eigenvalue weighted by Crippen LogP contribution is -2.38. The molecule has 0 bridgehead atoms. The fraction of sp³-hybridized carbons (Fsp3) is 0.696. The molecule has 2 fully saturated rings. The predicted octanol–water partition coefficient (Wildman–Crippen LogP) is 3.71. The molecule has 0 spiro atoms. The van der Waals surface area contributed by atoms with Gasteiger partial charge in [0.25, 0.3) is 0 Å². The molecule has 1 heterocycles. The van der Waals surface area contributed by atoms with Crippen LogP contribution in [0.2, 0.25) is 0 Å². The number of ether oxygens (including phenoxy) is 1. The largest absolute Gasteiger partial charge is 0.490 e. The number of guanidine groups is 1. The van der Waals surface area contributed by atoms with Crippen LogP contribution in [0.25, 0.3) is 0 Å². The summed E-state index contributed by atoms with van der Waals surface area (Å²) in [6.45, 7) is 6.30. The summed E-state index contributed by atoms with van der Waals surface area (Å²) in [5.74, 6) is 2.74. The second-order valence-corrected chi connectivity index (χ2v) is 8.52. The average Bonchev–Trinajstić information content (AvgIpc) is 3.20. The van der Waals surface area contributed by atoms with E-state index in [0.717, 1.165) is 30.7 Å². The van der Waals surface area contributed by atoms with Crippen LogP contribution in [-0.4, -0.2) is 50.7 Å². The van der Waals surface area contributed by atoms with E-state index in [2.05, 4.69) is 52.7 Å². The van der Waals surface area contributed by atoms with Crippen LogP contribution in [0.4, 0.5) is 0 Å². The van der Waals surface area contributed by atoms with Gasteiger partial charge in [-0.2, -0.15) is 0 Å². The highest BCUT2D eigenvalue weighted by Gasteiger charge is 2.18. The van der Waals surface area contributed by atoms with Gasteiger partial charge in [-0.15, -0.1) is 0 Å². The lowest BCUT2D eigenvalue weighted by Gasteiger charge is -2.29. The lowest BCUT2D eigenvalue weighted by molar-refractivity contribution is 0.207. The maximum Gasteiger partial charge on any atom is 0.191 e. The highest BCUT2D eigenvalue weighted by atomic mass is 16.5. The number of aryl methyl sites for hydroxylation is 1. The van der Waals surface area contributed by atoms with Gasteiger partial charge in [0.1, 0.15) is 5.75 Å². The van der Waals surface area contributed by atoms with Crippen LogP contribution in [0.5, 0.6) is 5.75 Å². The van der Waals surface area contributed by atoms with Crippen molar-refractivity contribution in [3.63, 3.8) is 0 Å². The Morgan fingerprint density at radius 2 is 1.89 bits per heavy atom. The molecule has 0 radical (unpaired) electrons. The fourth-order valence-electron chi connectivity index (χ4n) is 4.25. The number of aliphatic imine (C=N–C) groups is 1. The number of nitrogens with one attached hydrogen (secondary N) is 2. The number of nitrogens with zero attached hydrogens (tertiary/aromatic N) is 2. The molecule has 1 aromatic rings. The molecule has 2 N–H and O–H groups in total. The summed E-state index contributed by atoms with van der Waals surface area (Å²) in [4.78, 5) is 6.82. The van der Waals surface area contributed by atoms with E-state index in [1.165, 1.54) is 69.2 Å². The summed E-state index contributed by atoms with van der Waals surface area (Å²) >= 11 is 0. The lowest BCUT2D eigenvalue weighted by atomic mass is 9.94. The number of hydrogen-bond acceptors (Lipinski definition) is 3. The summed E-state index contributed by atoms with van der Waals surface area (Å²) in [5, 5.41) is 6.95. The number of likely N-dealkylation sites (tertiary alicyclic amines) is 1. The first-order valence-electron chi connectivity index (χ1n) is 11.0. The molecule has 5 nitrogen and oxygen atoms in total. The zero-order valence-electron chi connectivity index (χ0n) is 18.0. The monoisotopic (exact) mass is 386 g/mol. The van der Waals surface area contributed by atoms with Crippen molar-refractivity contribution in [1.82, 2.24) is 15.5 Å². The van der Waals surface area contributed by atoms with E-state index in [9.17, 15) is 0 Å². The Bertz CT molecular complexity index is 631. The van der Waals surface area contributed by atoms with Crippen molar-refractivity contribution in [3.8, 4) is 5.75 Å². The molecule has 1 saturated heterocycles. The molecular formula is C23H38N4O. The normalized spacial score (nSPS) is 19.8. The zero-order valence-corrected chi connectivity index (χ0v) is 18.0. The molecule has 2 aliphatic rings. The third kappa shape index (κ3) is 6.40. The average molecular weight is 387 g/mol. The van der Waals surface area contributed by atoms with Crippen LogP contribution in [0.15, 0.2) is 23.2 Å². The van der Waals surface area contributed by atoms with Crippen LogP contribution in [0.1, 0.15) is 56.1 Å². The quantitative estimate of drug-likeness (QED) is 0.554. The van der Waals surface area contributed by atoms with Gasteiger partial charge in [-0.1, -0.05) is 12.1 Å². The summed E-state index contributed by atoms with van der Waals surface area (Å²) < 4.78 is 6.32. The molecule has 3 rings (SSSR count). The third-order valence-corrected chi connectivity index (χ3v) is 6.17. The van der Waals surface area contributed by atoms with Gasteiger partial charge < -0.3 is 20.3 Å². The third-order valence-electron chi connectivity index (χ3n) is 6.17. The van der Waals surface area contributed by atoms with Gasteiger partial charge in [-0.05, 0) is 89.6 Å². The van der Waals surface area contributed by atoms with Crippen molar-refractivity contribution >= 4 is 5.96 Å². The van der Waals surface area contributed by atoms with Crippen LogP contribution in [0.3, 0.4) is 0 Å². The second-order valence-electron chi connectivity index (χ2n) is 8.52. The van der Waals surface area contributed by atoms with Crippen molar-refractivity contribution in [2.45, 2.75) is 64.5 Å². The molecule has 0 unspecified atom stereocenters. The fourth-order valence-corrected chi connectivity index (χ4v) is 4.25. The Kier molecular flexibility index (Phi) is 8.01. The first-order valence-corrected chi connectivity index (χ1v) is 11.0. The minimum absolute atomic E-state index is 0.382. The van der Waals surface area contributed by atoms with Crippen molar-refractivity contribution in [2.24, 2.45) is 10.9 Å². The molecule has 28 heavy (non-hydrogen) atoms. The molecule has 1 aliphatic carbocycles. The van der Waals surface area contributed by atoms with Crippen LogP contribution in [-0.2, 0) is 6.54 Å². The molecule has 1 aromatic carbocycles. The van der Waals surface area contributed by atoms with E-state index < -0.39 is 0 Å². The number of piperidine rings is 1. The van der Waals surface area contributed by atoms with E-state index in [-0.39, 0.29) is 0 Å². The smallest absolute Gasteiger partial charge is 0.191 e. The standard InChI is InChI=1S/C23H38N4O/c1-18-8-9-20(22(16-18)28-21-6-4-5-7-21)17-26-23(24-2)25-13-10-19-11-14-27(3)15-12-19/h8-9,16,19,21H,4-7,10-15,17H2,1-3H3,(H2,24,25,26). The van der Waals surface area contributed by atoms with Crippen molar-refractivity contribution in [1.29, 1.82) is 0 Å². The minimum Gasteiger partial charge on any atom is -0.490 e. The van der Waals surface area contributed by atoms with Crippen molar-refractivity contribution < 1.29 is 4.74 Å². The highest BCUT2D eigenvalue weighted by Crippen LogP contribution is 2.27.